The summed E-state index contributed by atoms with van der Waals surface area (Å²) in [6.45, 7) is 2.38. The molecular formula is C20H29N3O3. The Morgan fingerprint density at radius 1 is 1.04 bits per heavy atom. The number of benzene rings is 1. The zero-order valence-corrected chi connectivity index (χ0v) is 15.6. The van der Waals surface area contributed by atoms with Crippen LogP contribution < -0.4 is 10.5 Å². The number of rotatable bonds is 5. The number of methoxy groups -OCH3 is 1. The summed E-state index contributed by atoms with van der Waals surface area (Å²) in [7, 11) is 1.64. The lowest BCUT2D eigenvalue weighted by atomic mass is 9.97. The standard InChI is InChI=1S/C20H29N3O3/c1-26-17-7-4-16(5-8-17)6-9-18(24)22-12-14-23(15-13-22)19(25)20(21)10-2-3-11-20/h4-5,7-8H,2-3,6,9-15,21H2,1H3. The van der Waals surface area contributed by atoms with Gasteiger partial charge in [-0.3, -0.25) is 9.59 Å². The Balaban J connectivity index is 1.45. The van der Waals surface area contributed by atoms with Crippen LogP contribution in [0.25, 0.3) is 0 Å². The van der Waals surface area contributed by atoms with Crippen LogP contribution in [0.15, 0.2) is 24.3 Å². The van der Waals surface area contributed by atoms with Gasteiger partial charge in [0, 0.05) is 32.6 Å². The summed E-state index contributed by atoms with van der Waals surface area (Å²) in [6, 6.07) is 7.81. The molecule has 0 spiro atoms. The van der Waals surface area contributed by atoms with Crippen LogP contribution in [0.3, 0.4) is 0 Å². The third kappa shape index (κ3) is 4.18. The molecule has 6 nitrogen and oxygen atoms in total. The molecule has 6 heteroatoms. The number of nitrogens with two attached hydrogens (primary N) is 1. The second-order valence-electron chi connectivity index (χ2n) is 7.38. The maximum Gasteiger partial charge on any atom is 0.242 e. The zero-order chi connectivity index (χ0) is 18.6. The summed E-state index contributed by atoms with van der Waals surface area (Å²) in [6.07, 6.45) is 4.84. The molecule has 1 heterocycles. The number of amides is 2. The van der Waals surface area contributed by atoms with E-state index >= 15 is 0 Å². The molecule has 1 aromatic carbocycles. The summed E-state index contributed by atoms with van der Waals surface area (Å²) < 4.78 is 5.15. The SMILES string of the molecule is COc1ccc(CCC(=O)N2CCN(C(=O)C3(N)CCCC3)CC2)cc1. The Bertz CT molecular complexity index is 630. The fourth-order valence-corrected chi connectivity index (χ4v) is 3.90. The Hall–Kier alpha value is -2.08. The first-order valence-corrected chi connectivity index (χ1v) is 9.51. The molecule has 2 aliphatic rings. The molecular weight excluding hydrogens is 330 g/mol. The van der Waals surface area contributed by atoms with E-state index in [9.17, 15) is 9.59 Å². The molecule has 0 unspecified atom stereocenters. The minimum absolute atomic E-state index is 0.0698. The van der Waals surface area contributed by atoms with E-state index in [2.05, 4.69) is 0 Å². The number of aryl methyl sites for hydroxylation is 1. The molecule has 2 amide bonds. The molecule has 3 rings (SSSR count). The van der Waals surface area contributed by atoms with Gasteiger partial charge in [0.15, 0.2) is 0 Å². The average molecular weight is 359 g/mol. The largest absolute Gasteiger partial charge is 0.497 e. The van der Waals surface area contributed by atoms with Crippen molar-refractivity contribution in [2.75, 3.05) is 33.3 Å². The van der Waals surface area contributed by atoms with Gasteiger partial charge < -0.3 is 20.3 Å². The maximum atomic E-state index is 12.6. The normalized spacial score (nSPS) is 19.5. The van der Waals surface area contributed by atoms with Crippen LogP contribution in [0.4, 0.5) is 0 Å². The molecule has 1 saturated heterocycles. The van der Waals surface area contributed by atoms with Gasteiger partial charge >= 0.3 is 0 Å². The fraction of sp³-hybridized carbons (Fsp3) is 0.600. The van der Waals surface area contributed by atoms with Crippen LogP contribution in [-0.4, -0.2) is 60.4 Å². The van der Waals surface area contributed by atoms with Crippen molar-refractivity contribution in [3.05, 3.63) is 29.8 Å². The first-order chi connectivity index (χ1) is 12.5. The smallest absolute Gasteiger partial charge is 0.242 e. The predicted molar refractivity (Wildman–Crippen MR) is 99.9 cm³/mol. The van der Waals surface area contributed by atoms with Gasteiger partial charge in [0.2, 0.25) is 11.8 Å². The van der Waals surface area contributed by atoms with Crippen molar-refractivity contribution < 1.29 is 14.3 Å². The minimum atomic E-state index is -0.666. The van der Waals surface area contributed by atoms with E-state index in [0.29, 0.717) is 39.0 Å². The monoisotopic (exact) mass is 359 g/mol. The molecule has 1 aromatic rings. The Kier molecular flexibility index (Phi) is 5.81. The summed E-state index contributed by atoms with van der Waals surface area (Å²) >= 11 is 0. The number of carbonyl (C=O) groups excluding carboxylic acids is 2. The van der Waals surface area contributed by atoms with Crippen molar-refractivity contribution in [2.24, 2.45) is 5.73 Å². The lowest BCUT2D eigenvalue weighted by Crippen LogP contribution is -2.59. The highest BCUT2D eigenvalue weighted by atomic mass is 16.5. The number of carbonyl (C=O) groups is 2. The molecule has 0 bridgehead atoms. The van der Waals surface area contributed by atoms with Gasteiger partial charge in [0.25, 0.3) is 0 Å². The number of piperazine rings is 1. The quantitative estimate of drug-likeness (QED) is 0.866. The van der Waals surface area contributed by atoms with Crippen molar-refractivity contribution in [1.82, 2.24) is 9.80 Å². The third-order valence-corrected chi connectivity index (χ3v) is 5.63. The maximum absolute atomic E-state index is 12.6. The van der Waals surface area contributed by atoms with Crippen LogP contribution >= 0.6 is 0 Å². The highest BCUT2D eigenvalue weighted by Crippen LogP contribution is 2.29. The van der Waals surface area contributed by atoms with Gasteiger partial charge in [-0.15, -0.1) is 0 Å². The molecule has 0 atom stereocenters. The minimum Gasteiger partial charge on any atom is -0.497 e. The van der Waals surface area contributed by atoms with Crippen LogP contribution in [0.5, 0.6) is 5.75 Å². The summed E-state index contributed by atoms with van der Waals surface area (Å²) in [5.74, 6) is 1.04. The van der Waals surface area contributed by atoms with Gasteiger partial charge in [-0.1, -0.05) is 25.0 Å². The van der Waals surface area contributed by atoms with E-state index in [1.165, 1.54) is 0 Å². The summed E-state index contributed by atoms with van der Waals surface area (Å²) in [5, 5.41) is 0. The van der Waals surface area contributed by atoms with Crippen molar-refractivity contribution in [2.45, 2.75) is 44.1 Å². The summed E-state index contributed by atoms with van der Waals surface area (Å²) in [4.78, 5) is 28.8. The lowest BCUT2D eigenvalue weighted by molar-refractivity contribution is -0.143. The average Bonchev–Trinajstić information content (AvgIpc) is 3.14. The Morgan fingerprint density at radius 3 is 2.19 bits per heavy atom. The molecule has 2 fully saturated rings. The van der Waals surface area contributed by atoms with E-state index in [-0.39, 0.29) is 11.8 Å². The molecule has 142 valence electrons. The number of hydrogen-bond acceptors (Lipinski definition) is 4. The van der Waals surface area contributed by atoms with Crippen LogP contribution in [0, 0.1) is 0 Å². The van der Waals surface area contributed by atoms with Gasteiger partial charge in [-0.05, 0) is 37.0 Å². The van der Waals surface area contributed by atoms with Gasteiger partial charge in [0.05, 0.1) is 12.6 Å². The molecule has 2 N–H and O–H groups in total. The zero-order valence-electron chi connectivity index (χ0n) is 15.6. The van der Waals surface area contributed by atoms with Gasteiger partial charge in [-0.2, -0.15) is 0 Å². The first-order valence-electron chi connectivity index (χ1n) is 9.51. The molecule has 1 aliphatic heterocycles. The van der Waals surface area contributed by atoms with E-state index in [0.717, 1.165) is 37.0 Å². The van der Waals surface area contributed by atoms with E-state index < -0.39 is 5.54 Å². The lowest BCUT2D eigenvalue weighted by Gasteiger charge is -2.38. The van der Waals surface area contributed by atoms with Crippen LogP contribution in [0.1, 0.15) is 37.7 Å². The van der Waals surface area contributed by atoms with Crippen molar-refractivity contribution >= 4 is 11.8 Å². The van der Waals surface area contributed by atoms with Gasteiger partial charge in [-0.25, -0.2) is 0 Å². The molecule has 0 radical (unpaired) electrons. The Morgan fingerprint density at radius 2 is 1.62 bits per heavy atom. The highest BCUT2D eigenvalue weighted by molar-refractivity contribution is 5.87. The molecule has 26 heavy (non-hydrogen) atoms. The number of ether oxygens (including phenoxy) is 1. The predicted octanol–water partition coefficient (Wildman–Crippen LogP) is 1.57. The fourth-order valence-electron chi connectivity index (χ4n) is 3.90. The number of hydrogen-bond donors (Lipinski definition) is 1. The van der Waals surface area contributed by atoms with E-state index in [4.69, 9.17) is 10.5 Å². The van der Waals surface area contributed by atoms with Crippen LogP contribution in [0.2, 0.25) is 0 Å². The second kappa shape index (κ2) is 8.08. The van der Waals surface area contributed by atoms with Crippen molar-refractivity contribution in [3.63, 3.8) is 0 Å². The topological polar surface area (TPSA) is 75.9 Å². The second-order valence-corrected chi connectivity index (χ2v) is 7.38. The van der Waals surface area contributed by atoms with E-state index in [1.807, 2.05) is 34.1 Å². The van der Waals surface area contributed by atoms with Crippen molar-refractivity contribution in [3.8, 4) is 5.75 Å². The van der Waals surface area contributed by atoms with E-state index in [1.54, 1.807) is 7.11 Å². The highest BCUT2D eigenvalue weighted by Gasteiger charge is 2.40. The molecule has 0 aromatic heterocycles. The first kappa shape index (κ1) is 18.7. The molecule has 1 saturated carbocycles. The van der Waals surface area contributed by atoms with Gasteiger partial charge in [0.1, 0.15) is 5.75 Å². The van der Waals surface area contributed by atoms with Crippen LogP contribution in [-0.2, 0) is 16.0 Å². The molecule has 1 aliphatic carbocycles. The van der Waals surface area contributed by atoms with Crippen molar-refractivity contribution in [1.29, 1.82) is 0 Å². The number of nitrogens with zero attached hydrogens (tertiary/aromatic N) is 2. The third-order valence-electron chi connectivity index (χ3n) is 5.63. The summed E-state index contributed by atoms with van der Waals surface area (Å²) in [5.41, 5.74) is 6.74. The Labute approximate surface area is 155 Å².